The maximum Gasteiger partial charge on any atom is 1.00 e. The number of rotatable bonds is 6. The van der Waals surface area contributed by atoms with Gasteiger partial charge in [-0.1, -0.05) is 75.4 Å². The largest absolute Gasteiger partial charge is 1.00 e. The van der Waals surface area contributed by atoms with Crippen LogP contribution in [0.4, 0.5) is 0 Å². The van der Waals surface area contributed by atoms with Gasteiger partial charge >= 0.3 is 29.6 Å². The van der Waals surface area contributed by atoms with Crippen LogP contribution in [0.3, 0.4) is 0 Å². The first-order valence-electron chi connectivity index (χ1n) is 7.69. The van der Waals surface area contributed by atoms with E-state index in [0.717, 1.165) is 28.6 Å². The predicted octanol–water partition coefficient (Wildman–Crippen LogP) is 2.74. The van der Waals surface area contributed by atoms with Gasteiger partial charge in [-0.3, -0.25) is 4.55 Å². The molecule has 1 heterocycles. The van der Waals surface area contributed by atoms with Crippen molar-refractivity contribution in [1.29, 1.82) is 0 Å². The summed E-state index contributed by atoms with van der Waals surface area (Å²) in [7, 11) is -0.766. The third-order valence-corrected chi connectivity index (χ3v) is 7.93. The fraction of sp³-hybridized carbons (Fsp3) is 0.167. The van der Waals surface area contributed by atoms with E-state index in [0.29, 0.717) is 0 Å². The quantitative estimate of drug-likeness (QED) is 0.282. The second kappa shape index (κ2) is 9.71. The summed E-state index contributed by atoms with van der Waals surface area (Å²) >= 11 is 5.50. The van der Waals surface area contributed by atoms with E-state index in [1.807, 2.05) is 18.2 Å². The van der Waals surface area contributed by atoms with Gasteiger partial charge in [-0.15, -0.1) is 0 Å². The minimum Gasteiger partial charge on any atom is -1.00 e. The molecule has 1 N–H and O–H groups in total. The van der Waals surface area contributed by atoms with Crippen LogP contribution in [-0.2, 0) is 23.0 Å². The summed E-state index contributed by atoms with van der Waals surface area (Å²) in [6, 6.07) is 16.6. The van der Waals surface area contributed by atoms with E-state index in [4.69, 9.17) is 16.8 Å². The van der Waals surface area contributed by atoms with Crippen LogP contribution < -0.4 is 29.6 Å². The van der Waals surface area contributed by atoms with Crippen molar-refractivity contribution in [2.24, 2.45) is 0 Å². The van der Waals surface area contributed by atoms with E-state index in [1.54, 1.807) is 32.8 Å². The Balaban J connectivity index is 0.00000182. The molecule has 0 aliphatic carbocycles. The van der Waals surface area contributed by atoms with E-state index in [-0.39, 0.29) is 35.9 Å². The minimum atomic E-state index is -4.13. The van der Waals surface area contributed by atoms with Crippen molar-refractivity contribution in [2.45, 2.75) is 24.2 Å². The molecule has 0 atom stereocenters. The zero-order valence-electron chi connectivity index (χ0n) is 15.2. The summed E-state index contributed by atoms with van der Waals surface area (Å²) in [5, 5.41) is 0. The maximum atomic E-state index is 11.1. The Bertz CT molecular complexity index is 1010. The topological polar surface area (TPSA) is 54.4 Å². The van der Waals surface area contributed by atoms with Crippen molar-refractivity contribution in [3.63, 3.8) is 0 Å². The minimum absolute atomic E-state index is 0. The molecule has 3 aromatic rings. The summed E-state index contributed by atoms with van der Waals surface area (Å²) in [5.74, 6) is 0. The van der Waals surface area contributed by atoms with Crippen LogP contribution in [0.25, 0.3) is 10.4 Å². The third-order valence-electron chi connectivity index (χ3n) is 3.87. The van der Waals surface area contributed by atoms with Crippen LogP contribution in [0.2, 0.25) is 0 Å². The zero-order valence-corrected chi connectivity index (χ0v) is 19.5. The molecule has 0 radical (unpaired) electrons. The van der Waals surface area contributed by atoms with Crippen molar-refractivity contribution in [3.05, 3.63) is 69.5 Å². The van der Waals surface area contributed by atoms with Crippen molar-refractivity contribution in [2.75, 3.05) is 0 Å². The standard InChI is InChI=1S/C18H16O3S4.Na.H/c19-25(20,21)15-11-9-13(10-12-15)5-4-8-16-17(23-24-18(16)22)14-6-2-1-3-7-14;;/h1-3,6-7,9-12H,4-5,8H2,(H,19,20,21);;/q;+1;-1. The SMILES string of the molecule is O=S(=O)(O)c1ccc(CCCc2c(-c3ccccc3)ssc2=S)cc1.[H-].[Na+]. The summed E-state index contributed by atoms with van der Waals surface area (Å²) in [5.41, 5.74) is 3.47. The van der Waals surface area contributed by atoms with Gasteiger partial charge in [0.25, 0.3) is 10.1 Å². The average molecular weight is 433 g/mol. The smallest absolute Gasteiger partial charge is 1.00 e. The number of hydrogen-bond donors (Lipinski definition) is 1. The number of benzene rings is 2. The molecule has 0 saturated heterocycles. The molecule has 0 bridgehead atoms. The van der Waals surface area contributed by atoms with E-state index in [1.165, 1.54) is 28.1 Å². The molecule has 0 aliphatic rings. The molecule has 0 unspecified atom stereocenters. The van der Waals surface area contributed by atoms with Crippen LogP contribution in [0.5, 0.6) is 0 Å². The first-order chi connectivity index (χ1) is 11.9. The normalized spacial score (nSPS) is 11.1. The molecule has 0 aliphatic heterocycles. The molecule has 2 aromatic carbocycles. The van der Waals surface area contributed by atoms with Crippen LogP contribution in [-0.4, -0.2) is 13.0 Å². The van der Waals surface area contributed by atoms with Crippen molar-refractivity contribution in [1.82, 2.24) is 0 Å². The monoisotopic (exact) mass is 432 g/mol. The van der Waals surface area contributed by atoms with Gasteiger partial charge in [0.15, 0.2) is 0 Å². The fourth-order valence-electron chi connectivity index (χ4n) is 2.60. The van der Waals surface area contributed by atoms with Crippen LogP contribution in [0, 0.1) is 3.82 Å². The average Bonchev–Trinajstić information content (AvgIpc) is 2.96. The van der Waals surface area contributed by atoms with E-state index in [2.05, 4.69) is 12.1 Å². The Morgan fingerprint density at radius 2 is 1.62 bits per heavy atom. The van der Waals surface area contributed by atoms with Gasteiger partial charge < -0.3 is 1.43 Å². The Labute approximate surface area is 189 Å². The third kappa shape index (κ3) is 5.56. The van der Waals surface area contributed by atoms with Gasteiger partial charge in [-0.2, -0.15) is 8.42 Å². The molecule has 0 saturated carbocycles. The number of aryl methyl sites for hydroxylation is 1. The first-order valence-corrected chi connectivity index (χ1v) is 11.7. The molecule has 8 heteroatoms. The summed E-state index contributed by atoms with van der Waals surface area (Å²) < 4.78 is 32.1. The van der Waals surface area contributed by atoms with E-state index in [9.17, 15) is 8.42 Å². The van der Waals surface area contributed by atoms with Crippen LogP contribution in [0.15, 0.2) is 59.5 Å². The molecule has 0 amide bonds. The zero-order chi connectivity index (χ0) is 17.9. The van der Waals surface area contributed by atoms with Crippen LogP contribution in [0.1, 0.15) is 19.0 Å². The summed E-state index contributed by atoms with van der Waals surface area (Å²) in [6.07, 6.45) is 2.65. The van der Waals surface area contributed by atoms with Gasteiger partial charge in [-0.25, -0.2) is 0 Å². The fourth-order valence-corrected chi connectivity index (χ4v) is 6.09. The molecule has 3 rings (SSSR count). The van der Waals surface area contributed by atoms with Gasteiger partial charge in [0.1, 0.15) is 3.82 Å². The van der Waals surface area contributed by atoms with Gasteiger partial charge in [0, 0.05) is 0 Å². The summed E-state index contributed by atoms with van der Waals surface area (Å²) in [6.45, 7) is 0. The van der Waals surface area contributed by atoms with E-state index < -0.39 is 10.1 Å². The Kier molecular flexibility index (Phi) is 8.18. The van der Waals surface area contributed by atoms with E-state index >= 15 is 0 Å². The van der Waals surface area contributed by atoms with Crippen molar-refractivity contribution < 1.29 is 44.0 Å². The number of hydrogen-bond acceptors (Lipinski definition) is 5. The Morgan fingerprint density at radius 3 is 2.23 bits per heavy atom. The Hall–Kier alpha value is -0.380. The van der Waals surface area contributed by atoms with Crippen molar-refractivity contribution in [3.8, 4) is 10.4 Å². The molecule has 3 nitrogen and oxygen atoms in total. The molecule has 26 heavy (non-hydrogen) atoms. The molecular formula is C18H17NaO3S4. The van der Waals surface area contributed by atoms with Gasteiger partial charge in [0.2, 0.25) is 0 Å². The predicted molar refractivity (Wildman–Crippen MR) is 108 cm³/mol. The van der Waals surface area contributed by atoms with Gasteiger partial charge in [-0.05, 0) is 48.1 Å². The first kappa shape index (κ1) is 21.9. The van der Waals surface area contributed by atoms with Crippen molar-refractivity contribution >= 4 is 43.0 Å². The van der Waals surface area contributed by atoms with Crippen LogP contribution >= 0.6 is 32.9 Å². The maximum absolute atomic E-state index is 11.1. The molecule has 1 aromatic heterocycles. The second-order valence-electron chi connectivity index (χ2n) is 5.60. The second-order valence-corrected chi connectivity index (χ2v) is 9.84. The van der Waals surface area contributed by atoms with Gasteiger partial charge in [0.05, 0.1) is 9.77 Å². The molecular weight excluding hydrogens is 415 g/mol. The summed E-state index contributed by atoms with van der Waals surface area (Å²) in [4.78, 5) is 1.17. The molecule has 0 fully saturated rings. The molecule has 132 valence electrons. The molecule has 0 spiro atoms. The Morgan fingerprint density at radius 1 is 0.962 bits per heavy atom.